The van der Waals surface area contributed by atoms with Gasteiger partial charge in [-0.3, -0.25) is 9.59 Å². The number of carbonyl (C=O) groups is 2. The van der Waals surface area contributed by atoms with Gasteiger partial charge in [0, 0.05) is 11.1 Å². The van der Waals surface area contributed by atoms with Gasteiger partial charge in [0.25, 0.3) is 0 Å². The molecule has 2 aromatic rings. The monoisotopic (exact) mass is 340 g/mol. The molecule has 0 spiro atoms. The Kier molecular flexibility index (Phi) is 7.56. The molecule has 2 aromatic carbocycles. The molecule has 3 nitrogen and oxygen atoms in total. The summed E-state index contributed by atoms with van der Waals surface area (Å²) >= 11 is 0. The third kappa shape index (κ3) is 5.86. The number of benzene rings is 2. The van der Waals surface area contributed by atoms with E-state index in [2.05, 4.69) is 20.8 Å². The van der Waals surface area contributed by atoms with E-state index in [1.165, 1.54) is 0 Å². The highest BCUT2D eigenvalue weighted by molar-refractivity contribution is 6.13. The van der Waals surface area contributed by atoms with Crippen LogP contribution in [0.25, 0.3) is 0 Å². The maximum absolute atomic E-state index is 12.3. The third-order valence-corrected chi connectivity index (χ3v) is 3.81. The van der Waals surface area contributed by atoms with E-state index in [0.29, 0.717) is 16.9 Å². The zero-order valence-electron chi connectivity index (χ0n) is 16.1. The largest absolute Gasteiger partial charge is 0.497 e. The third-order valence-electron chi connectivity index (χ3n) is 3.81. The van der Waals surface area contributed by atoms with Crippen LogP contribution in [0.2, 0.25) is 0 Å². The van der Waals surface area contributed by atoms with E-state index in [1.807, 2.05) is 26.0 Å². The molecule has 0 saturated carbocycles. The van der Waals surface area contributed by atoms with Crippen LogP contribution >= 0.6 is 0 Å². The minimum Gasteiger partial charge on any atom is -0.497 e. The number of methoxy groups -OCH3 is 1. The van der Waals surface area contributed by atoms with E-state index in [0.717, 1.165) is 5.56 Å². The van der Waals surface area contributed by atoms with Gasteiger partial charge in [-0.05, 0) is 35.2 Å². The highest BCUT2D eigenvalue weighted by Gasteiger charge is 2.16. The molecule has 25 heavy (non-hydrogen) atoms. The normalized spacial score (nSPS) is 10.5. The minimum atomic E-state index is -0.183. The van der Waals surface area contributed by atoms with Crippen LogP contribution in [0.1, 0.15) is 67.3 Å². The lowest BCUT2D eigenvalue weighted by Crippen LogP contribution is -2.12. The van der Waals surface area contributed by atoms with Crippen molar-refractivity contribution >= 4 is 11.6 Å². The van der Waals surface area contributed by atoms with E-state index in [-0.39, 0.29) is 23.4 Å². The van der Waals surface area contributed by atoms with Crippen LogP contribution in [-0.4, -0.2) is 18.7 Å². The van der Waals surface area contributed by atoms with Crippen molar-refractivity contribution in [3.8, 4) is 5.75 Å². The lowest BCUT2D eigenvalue weighted by molar-refractivity contribution is 0.0894. The smallest absolute Gasteiger partial charge is 0.170 e. The zero-order chi connectivity index (χ0) is 19.0. The summed E-state index contributed by atoms with van der Waals surface area (Å²) in [5.74, 6) is 0.342. The van der Waals surface area contributed by atoms with Gasteiger partial charge in [-0.1, -0.05) is 58.9 Å². The summed E-state index contributed by atoms with van der Waals surface area (Å²) in [6.45, 7) is 10.4. The molecular formula is C22H28O3. The van der Waals surface area contributed by atoms with Gasteiger partial charge in [-0.25, -0.2) is 0 Å². The molecule has 0 heterocycles. The fourth-order valence-corrected chi connectivity index (χ4v) is 2.28. The summed E-state index contributed by atoms with van der Waals surface area (Å²) in [5, 5.41) is 0. The summed E-state index contributed by atoms with van der Waals surface area (Å²) in [6, 6.07) is 14.3. The van der Waals surface area contributed by atoms with Crippen molar-refractivity contribution in [1.29, 1.82) is 0 Å². The number of ketones is 2. The summed E-state index contributed by atoms with van der Waals surface area (Å²) in [7, 11) is 1.57. The topological polar surface area (TPSA) is 43.4 Å². The van der Waals surface area contributed by atoms with Crippen molar-refractivity contribution in [1.82, 2.24) is 0 Å². The Balaban J connectivity index is 0.00000151. The molecule has 0 aliphatic rings. The van der Waals surface area contributed by atoms with Gasteiger partial charge in [0.2, 0.25) is 0 Å². The summed E-state index contributed by atoms with van der Waals surface area (Å²) < 4.78 is 5.06. The molecule has 0 saturated heterocycles. The Labute approximate surface area is 151 Å². The van der Waals surface area contributed by atoms with E-state index in [4.69, 9.17) is 4.74 Å². The molecule has 0 aliphatic heterocycles. The molecule has 0 atom stereocenters. The zero-order valence-corrected chi connectivity index (χ0v) is 16.1. The number of hydrogen-bond acceptors (Lipinski definition) is 3. The molecule has 0 unspecified atom stereocenters. The average Bonchev–Trinajstić information content (AvgIpc) is 2.62. The van der Waals surface area contributed by atoms with Crippen LogP contribution in [-0.2, 0) is 5.41 Å². The van der Waals surface area contributed by atoms with Crippen LogP contribution in [0.5, 0.6) is 5.75 Å². The molecule has 134 valence electrons. The maximum Gasteiger partial charge on any atom is 0.170 e. The SMILES string of the molecule is CC.COc1ccc(C(=O)CC(=O)c2ccc(C(C)(C)C)cc2)cc1. The first-order valence-corrected chi connectivity index (χ1v) is 8.62. The Hall–Kier alpha value is -2.42. The molecule has 2 rings (SSSR count). The van der Waals surface area contributed by atoms with E-state index >= 15 is 0 Å². The van der Waals surface area contributed by atoms with Gasteiger partial charge in [-0.15, -0.1) is 0 Å². The Bertz CT molecular complexity index is 690. The van der Waals surface area contributed by atoms with E-state index in [1.54, 1.807) is 43.5 Å². The fraction of sp³-hybridized carbons (Fsp3) is 0.364. The van der Waals surface area contributed by atoms with Crippen molar-refractivity contribution in [2.75, 3.05) is 7.11 Å². The van der Waals surface area contributed by atoms with Crippen LogP contribution in [0.4, 0.5) is 0 Å². The first kappa shape index (κ1) is 20.6. The van der Waals surface area contributed by atoms with Gasteiger partial charge < -0.3 is 4.74 Å². The maximum atomic E-state index is 12.3. The standard InChI is InChI=1S/C20H22O3.C2H6/c1-20(2,3)16-9-5-14(6-10-16)18(21)13-19(22)15-7-11-17(23-4)12-8-15;1-2/h5-12H,13H2,1-4H3;1-2H3. The second kappa shape index (κ2) is 9.16. The van der Waals surface area contributed by atoms with Crippen molar-refractivity contribution in [3.05, 3.63) is 65.2 Å². The molecular weight excluding hydrogens is 312 g/mol. The molecule has 0 N–H and O–H groups in total. The van der Waals surface area contributed by atoms with E-state index < -0.39 is 0 Å². The van der Waals surface area contributed by atoms with Gasteiger partial charge >= 0.3 is 0 Å². The van der Waals surface area contributed by atoms with Gasteiger partial charge in [0.1, 0.15) is 5.75 Å². The van der Waals surface area contributed by atoms with Crippen molar-refractivity contribution < 1.29 is 14.3 Å². The Morgan fingerprint density at radius 1 is 0.800 bits per heavy atom. The molecule has 0 aliphatic carbocycles. The second-order valence-corrected chi connectivity index (χ2v) is 6.58. The number of ether oxygens (including phenoxy) is 1. The molecule has 3 heteroatoms. The molecule has 0 radical (unpaired) electrons. The lowest BCUT2D eigenvalue weighted by Gasteiger charge is -2.18. The van der Waals surface area contributed by atoms with Crippen LogP contribution in [0.3, 0.4) is 0 Å². The first-order chi connectivity index (χ1) is 11.8. The van der Waals surface area contributed by atoms with Crippen molar-refractivity contribution in [2.24, 2.45) is 0 Å². The highest BCUT2D eigenvalue weighted by atomic mass is 16.5. The van der Waals surface area contributed by atoms with Gasteiger partial charge in [0.05, 0.1) is 13.5 Å². The Morgan fingerprint density at radius 3 is 1.56 bits per heavy atom. The summed E-state index contributed by atoms with van der Waals surface area (Å²) in [6.07, 6.45) is -0.124. The molecule has 0 amide bonds. The molecule has 0 fully saturated rings. The highest BCUT2D eigenvalue weighted by Crippen LogP contribution is 2.22. The number of hydrogen-bond donors (Lipinski definition) is 0. The minimum absolute atomic E-state index is 0.0422. The van der Waals surface area contributed by atoms with E-state index in [9.17, 15) is 9.59 Å². The second-order valence-electron chi connectivity index (χ2n) is 6.58. The van der Waals surface area contributed by atoms with Crippen LogP contribution in [0.15, 0.2) is 48.5 Å². The fourth-order valence-electron chi connectivity index (χ4n) is 2.28. The number of Topliss-reactive ketones (excluding diaryl/α,β-unsaturated/α-hetero) is 2. The molecule has 0 aromatic heterocycles. The lowest BCUT2D eigenvalue weighted by atomic mass is 9.86. The molecule has 0 bridgehead atoms. The number of carbonyl (C=O) groups excluding carboxylic acids is 2. The van der Waals surface area contributed by atoms with Crippen LogP contribution in [0, 0.1) is 0 Å². The van der Waals surface area contributed by atoms with Crippen molar-refractivity contribution in [2.45, 2.75) is 46.5 Å². The predicted octanol–water partition coefficient (Wildman–Crippen LogP) is 5.47. The number of rotatable bonds is 5. The van der Waals surface area contributed by atoms with Gasteiger partial charge in [0.15, 0.2) is 11.6 Å². The summed E-state index contributed by atoms with van der Waals surface area (Å²) in [5.41, 5.74) is 2.29. The summed E-state index contributed by atoms with van der Waals surface area (Å²) in [4.78, 5) is 24.5. The first-order valence-electron chi connectivity index (χ1n) is 8.62. The van der Waals surface area contributed by atoms with Crippen LogP contribution < -0.4 is 4.74 Å². The Morgan fingerprint density at radius 2 is 1.20 bits per heavy atom. The quantitative estimate of drug-likeness (QED) is 0.535. The van der Waals surface area contributed by atoms with Gasteiger partial charge in [-0.2, -0.15) is 0 Å². The van der Waals surface area contributed by atoms with Crippen molar-refractivity contribution in [3.63, 3.8) is 0 Å². The predicted molar refractivity (Wildman–Crippen MR) is 103 cm³/mol. The average molecular weight is 340 g/mol.